The lowest BCUT2D eigenvalue weighted by Gasteiger charge is -2.25. The van der Waals surface area contributed by atoms with Crippen molar-refractivity contribution in [1.82, 2.24) is 29.4 Å². The van der Waals surface area contributed by atoms with Crippen LogP contribution in [0.2, 0.25) is 0 Å². The van der Waals surface area contributed by atoms with E-state index in [0.29, 0.717) is 30.1 Å². The Labute approximate surface area is 199 Å². The smallest absolute Gasteiger partial charge is 0.407 e. The van der Waals surface area contributed by atoms with Crippen molar-refractivity contribution in [1.29, 1.82) is 0 Å². The van der Waals surface area contributed by atoms with E-state index in [1.807, 2.05) is 18.4 Å². The lowest BCUT2D eigenvalue weighted by molar-refractivity contribution is 0.139. The standard InChI is InChI=1S/C24H23F2N7O2/c1-12(2)33-13(3)28-22-16(25)8-15(9-19(22)33)21-17(26)10-27-23(31-21)30-20-5-4-14-11-32(24(34)35)7-6-18(14)29-20/h4-5,8-10,12H,6-7,11H2,1-3H3,(H,34,35)(H,27,29,30,31). The number of aromatic nitrogens is 5. The highest BCUT2D eigenvalue weighted by Crippen LogP contribution is 2.30. The number of hydrogen-bond donors (Lipinski definition) is 2. The van der Waals surface area contributed by atoms with Crippen LogP contribution in [-0.4, -0.2) is 47.1 Å². The van der Waals surface area contributed by atoms with Gasteiger partial charge in [-0.2, -0.15) is 0 Å². The lowest BCUT2D eigenvalue weighted by Crippen LogP contribution is -2.35. The van der Waals surface area contributed by atoms with Gasteiger partial charge < -0.3 is 19.9 Å². The third-order valence-electron chi connectivity index (χ3n) is 6.02. The Morgan fingerprint density at radius 2 is 1.94 bits per heavy atom. The summed E-state index contributed by atoms with van der Waals surface area (Å²) in [6, 6.07) is 6.42. The maximum Gasteiger partial charge on any atom is 0.407 e. The summed E-state index contributed by atoms with van der Waals surface area (Å²) in [5, 5.41) is 12.2. The normalized spacial score (nSPS) is 13.4. The Kier molecular flexibility index (Phi) is 5.54. The summed E-state index contributed by atoms with van der Waals surface area (Å²) in [5.74, 6) is -0.0271. The van der Waals surface area contributed by atoms with Crippen molar-refractivity contribution < 1.29 is 18.7 Å². The van der Waals surface area contributed by atoms with Crippen molar-refractivity contribution >= 4 is 28.9 Å². The summed E-state index contributed by atoms with van der Waals surface area (Å²) in [4.78, 5) is 29.7. The first-order valence-electron chi connectivity index (χ1n) is 11.2. The molecular weight excluding hydrogens is 456 g/mol. The summed E-state index contributed by atoms with van der Waals surface area (Å²) in [6.45, 7) is 6.37. The molecule has 9 nitrogen and oxygen atoms in total. The molecule has 1 aliphatic rings. The van der Waals surface area contributed by atoms with Gasteiger partial charge in [0.25, 0.3) is 0 Å². The molecule has 1 amide bonds. The van der Waals surface area contributed by atoms with Crippen molar-refractivity contribution in [2.45, 2.75) is 39.8 Å². The summed E-state index contributed by atoms with van der Waals surface area (Å²) in [6.07, 6.45) is 0.543. The first-order valence-corrected chi connectivity index (χ1v) is 11.2. The van der Waals surface area contributed by atoms with Crippen LogP contribution in [0, 0.1) is 18.6 Å². The van der Waals surface area contributed by atoms with Gasteiger partial charge in [-0.25, -0.2) is 33.5 Å². The number of aryl methyl sites for hydroxylation is 1. The fourth-order valence-electron chi connectivity index (χ4n) is 4.45. The maximum atomic E-state index is 14.9. The third-order valence-corrected chi connectivity index (χ3v) is 6.02. The van der Waals surface area contributed by atoms with E-state index in [1.165, 1.54) is 11.0 Å². The van der Waals surface area contributed by atoms with Crippen molar-refractivity contribution in [2.24, 2.45) is 0 Å². The largest absolute Gasteiger partial charge is 0.465 e. The van der Waals surface area contributed by atoms with E-state index in [2.05, 4.69) is 25.3 Å². The second-order valence-corrected chi connectivity index (χ2v) is 8.72. The van der Waals surface area contributed by atoms with Crippen LogP contribution >= 0.6 is 0 Å². The second-order valence-electron chi connectivity index (χ2n) is 8.72. The van der Waals surface area contributed by atoms with E-state index in [0.717, 1.165) is 17.5 Å². The van der Waals surface area contributed by atoms with Crippen LogP contribution in [0.3, 0.4) is 0 Å². The van der Waals surface area contributed by atoms with Crippen LogP contribution < -0.4 is 5.32 Å². The first kappa shape index (κ1) is 22.6. The molecule has 0 spiro atoms. The molecule has 0 aliphatic carbocycles. The molecule has 0 fully saturated rings. The third kappa shape index (κ3) is 4.13. The quantitative estimate of drug-likeness (QED) is 0.431. The monoisotopic (exact) mass is 479 g/mol. The minimum Gasteiger partial charge on any atom is -0.465 e. The highest BCUT2D eigenvalue weighted by molar-refractivity contribution is 5.83. The fraction of sp³-hybridized carbons (Fsp3) is 0.292. The van der Waals surface area contributed by atoms with Crippen molar-refractivity contribution in [2.75, 3.05) is 11.9 Å². The SMILES string of the molecule is Cc1nc2c(F)cc(-c3nc(Nc4ccc5c(n4)CCN(C(=O)O)C5)ncc3F)cc2n1C(C)C. The molecule has 5 rings (SSSR count). The topological polar surface area (TPSA) is 109 Å². The van der Waals surface area contributed by atoms with Crippen LogP contribution in [0.1, 0.15) is 37.0 Å². The number of carbonyl (C=O) groups is 1. The number of nitrogens with one attached hydrogen (secondary N) is 1. The van der Waals surface area contributed by atoms with Gasteiger partial charge in [0.15, 0.2) is 11.6 Å². The number of hydrogen-bond acceptors (Lipinski definition) is 6. The minimum absolute atomic E-state index is 0.0415. The molecule has 0 bridgehead atoms. The van der Waals surface area contributed by atoms with Gasteiger partial charge in [-0.1, -0.05) is 6.07 Å². The number of rotatable bonds is 4. The number of anilines is 2. The van der Waals surface area contributed by atoms with Crippen LogP contribution in [0.25, 0.3) is 22.3 Å². The lowest BCUT2D eigenvalue weighted by atomic mass is 10.1. The molecule has 3 aromatic heterocycles. The van der Waals surface area contributed by atoms with E-state index in [1.54, 1.807) is 25.1 Å². The molecule has 1 aromatic carbocycles. The summed E-state index contributed by atoms with van der Waals surface area (Å²) < 4.78 is 31.5. The van der Waals surface area contributed by atoms with Gasteiger partial charge in [0.2, 0.25) is 5.95 Å². The average Bonchev–Trinajstić information content (AvgIpc) is 3.16. The number of fused-ring (bicyclic) bond motifs is 2. The van der Waals surface area contributed by atoms with Gasteiger partial charge in [0, 0.05) is 30.3 Å². The number of imidazole rings is 1. The van der Waals surface area contributed by atoms with Crippen LogP contribution in [0.5, 0.6) is 0 Å². The zero-order valence-electron chi connectivity index (χ0n) is 19.4. The molecule has 4 aromatic rings. The molecule has 4 heterocycles. The highest BCUT2D eigenvalue weighted by atomic mass is 19.1. The van der Waals surface area contributed by atoms with Gasteiger partial charge in [0.05, 0.1) is 18.3 Å². The predicted octanol–water partition coefficient (Wildman–Crippen LogP) is 4.84. The van der Waals surface area contributed by atoms with E-state index >= 15 is 0 Å². The van der Waals surface area contributed by atoms with Gasteiger partial charge in [-0.3, -0.25) is 0 Å². The minimum atomic E-state index is -0.966. The Morgan fingerprint density at radius 3 is 2.69 bits per heavy atom. The molecule has 0 radical (unpaired) electrons. The highest BCUT2D eigenvalue weighted by Gasteiger charge is 2.22. The molecular formula is C24H23F2N7O2. The van der Waals surface area contributed by atoms with E-state index in [4.69, 9.17) is 0 Å². The number of benzene rings is 1. The zero-order valence-corrected chi connectivity index (χ0v) is 19.4. The number of amides is 1. The molecule has 35 heavy (non-hydrogen) atoms. The molecule has 180 valence electrons. The summed E-state index contributed by atoms with van der Waals surface area (Å²) in [5.41, 5.74) is 2.61. The van der Waals surface area contributed by atoms with Gasteiger partial charge >= 0.3 is 6.09 Å². The Hall–Kier alpha value is -4.15. The number of nitrogens with zero attached hydrogens (tertiary/aromatic N) is 6. The maximum absolute atomic E-state index is 14.9. The molecule has 0 unspecified atom stereocenters. The molecule has 0 saturated carbocycles. The Balaban J connectivity index is 1.48. The van der Waals surface area contributed by atoms with Crippen molar-refractivity contribution in [3.63, 3.8) is 0 Å². The number of halogens is 2. The van der Waals surface area contributed by atoms with E-state index in [-0.39, 0.29) is 35.3 Å². The molecule has 0 atom stereocenters. The molecule has 2 N–H and O–H groups in total. The summed E-state index contributed by atoms with van der Waals surface area (Å²) >= 11 is 0. The van der Waals surface area contributed by atoms with Crippen LogP contribution in [0.15, 0.2) is 30.5 Å². The fourth-order valence-corrected chi connectivity index (χ4v) is 4.45. The van der Waals surface area contributed by atoms with E-state index < -0.39 is 17.7 Å². The number of carboxylic acid groups (broad SMARTS) is 1. The van der Waals surface area contributed by atoms with Gasteiger partial charge in [-0.15, -0.1) is 0 Å². The first-order chi connectivity index (χ1) is 16.7. The van der Waals surface area contributed by atoms with Gasteiger partial charge in [0.1, 0.15) is 22.9 Å². The molecule has 1 aliphatic heterocycles. The van der Waals surface area contributed by atoms with Crippen molar-refractivity contribution in [3.8, 4) is 11.3 Å². The zero-order chi connectivity index (χ0) is 24.9. The molecule has 0 saturated heterocycles. The van der Waals surface area contributed by atoms with E-state index in [9.17, 15) is 18.7 Å². The predicted molar refractivity (Wildman–Crippen MR) is 125 cm³/mol. The van der Waals surface area contributed by atoms with Crippen LogP contribution in [-0.2, 0) is 13.0 Å². The summed E-state index contributed by atoms with van der Waals surface area (Å²) in [7, 11) is 0. The van der Waals surface area contributed by atoms with Crippen molar-refractivity contribution in [3.05, 3.63) is 59.2 Å². The Morgan fingerprint density at radius 1 is 1.14 bits per heavy atom. The van der Waals surface area contributed by atoms with Crippen LogP contribution in [0.4, 0.5) is 25.3 Å². The Bertz CT molecular complexity index is 1470. The molecule has 11 heteroatoms. The average molecular weight is 479 g/mol. The number of pyridine rings is 1. The van der Waals surface area contributed by atoms with Gasteiger partial charge in [-0.05, 0) is 44.5 Å². The second kappa shape index (κ2) is 8.57.